The monoisotopic (exact) mass is 352 g/mol. The van der Waals surface area contributed by atoms with Crippen molar-refractivity contribution in [2.75, 3.05) is 11.9 Å². The Morgan fingerprint density at radius 1 is 1.20 bits per heavy atom. The number of aryl methyl sites for hydroxylation is 1. The molecular formula is C20H24N4S. The molecule has 1 saturated heterocycles. The summed E-state index contributed by atoms with van der Waals surface area (Å²) < 4.78 is 2.18. The molecule has 130 valence electrons. The van der Waals surface area contributed by atoms with Gasteiger partial charge in [-0.25, -0.2) is 0 Å². The summed E-state index contributed by atoms with van der Waals surface area (Å²) in [5.74, 6) is 0.696. The highest BCUT2D eigenvalue weighted by Gasteiger charge is 2.28. The predicted molar refractivity (Wildman–Crippen MR) is 105 cm³/mol. The van der Waals surface area contributed by atoms with Gasteiger partial charge in [-0.1, -0.05) is 19.1 Å². The Kier molecular flexibility index (Phi) is 5.40. The third-order valence-corrected chi connectivity index (χ3v) is 5.38. The molecule has 1 aliphatic rings. The van der Waals surface area contributed by atoms with Crippen molar-refractivity contribution in [3.63, 3.8) is 0 Å². The van der Waals surface area contributed by atoms with Crippen LogP contribution in [-0.2, 0) is 7.05 Å². The highest BCUT2D eigenvalue weighted by Crippen LogP contribution is 2.33. The SMILES string of the molecule is CC1CCC(c2cccn2C)N(C(=S)Nc2ccccc2C#N)CC1. The second kappa shape index (κ2) is 7.71. The number of nitriles is 1. The lowest BCUT2D eigenvalue weighted by Gasteiger charge is -2.33. The molecule has 0 bridgehead atoms. The smallest absolute Gasteiger partial charge is 0.174 e. The molecule has 1 aliphatic heterocycles. The number of aromatic nitrogens is 1. The zero-order chi connectivity index (χ0) is 17.8. The molecule has 2 atom stereocenters. The second-order valence-corrected chi connectivity index (χ2v) is 7.20. The van der Waals surface area contributed by atoms with E-state index in [0.29, 0.717) is 16.6 Å². The number of thiocarbonyl (C=S) groups is 1. The van der Waals surface area contributed by atoms with Crippen molar-refractivity contribution in [2.24, 2.45) is 13.0 Å². The lowest BCUT2D eigenvalue weighted by molar-refractivity contribution is 0.314. The summed E-state index contributed by atoms with van der Waals surface area (Å²) in [5.41, 5.74) is 2.67. The molecule has 2 aromatic rings. The number of nitrogens with one attached hydrogen (secondary N) is 1. The van der Waals surface area contributed by atoms with Crippen LogP contribution >= 0.6 is 12.2 Å². The minimum Gasteiger partial charge on any atom is -0.353 e. The van der Waals surface area contributed by atoms with Crippen LogP contribution in [0.5, 0.6) is 0 Å². The number of hydrogen-bond acceptors (Lipinski definition) is 2. The first-order chi connectivity index (χ1) is 12.1. The number of hydrogen-bond donors (Lipinski definition) is 1. The Hall–Kier alpha value is -2.32. The fourth-order valence-electron chi connectivity index (χ4n) is 3.51. The van der Waals surface area contributed by atoms with E-state index in [-0.39, 0.29) is 6.04 Å². The van der Waals surface area contributed by atoms with Gasteiger partial charge in [0, 0.05) is 25.5 Å². The fraction of sp³-hybridized carbons (Fsp3) is 0.400. The molecule has 0 spiro atoms. The van der Waals surface area contributed by atoms with E-state index in [4.69, 9.17) is 12.2 Å². The van der Waals surface area contributed by atoms with Crippen LogP contribution in [-0.4, -0.2) is 21.1 Å². The topological polar surface area (TPSA) is 44.0 Å². The van der Waals surface area contributed by atoms with Crippen molar-refractivity contribution in [3.05, 3.63) is 53.9 Å². The van der Waals surface area contributed by atoms with Crippen LogP contribution in [0.4, 0.5) is 5.69 Å². The van der Waals surface area contributed by atoms with Crippen LogP contribution < -0.4 is 5.32 Å². The zero-order valence-electron chi connectivity index (χ0n) is 14.8. The van der Waals surface area contributed by atoms with Crippen molar-refractivity contribution in [2.45, 2.75) is 32.2 Å². The minimum atomic E-state index is 0.263. The van der Waals surface area contributed by atoms with E-state index in [2.05, 4.69) is 53.2 Å². The lowest BCUT2D eigenvalue weighted by atomic mass is 10.0. The van der Waals surface area contributed by atoms with Crippen molar-refractivity contribution in [3.8, 4) is 6.07 Å². The van der Waals surface area contributed by atoms with Gasteiger partial charge < -0.3 is 14.8 Å². The summed E-state index contributed by atoms with van der Waals surface area (Å²) in [5, 5.41) is 13.3. The Balaban J connectivity index is 1.87. The van der Waals surface area contributed by atoms with Gasteiger partial charge in [0.05, 0.1) is 17.3 Å². The molecule has 0 amide bonds. The van der Waals surface area contributed by atoms with E-state index < -0.39 is 0 Å². The first-order valence-electron chi connectivity index (χ1n) is 8.78. The third-order valence-electron chi connectivity index (χ3n) is 5.05. The number of rotatable bonds is 2. The molecule has 1 aromatic carbocycles. The average molecular weight is 353 g/mol. The maximum atomic E-state index is 9.31. The molecule has 5 heteroatoms. The molecule has 3 rings (SSSR count). The summed E-state index contributed by atoms with van der Waals surface area (Å²) >= 11 is 5.75. The number of anilines is 1. The van der Waals surface area contributed by atoms with Gasteiger partial charge in [-0.2, -0.15) is 5.26 Å². The lowest BCUT2D eigenvalue weighted by Crippen LogP contribution is -2.38. The number of benzene rings is 1. The molecule has 0 saturated carbocycles. The fourth-order valence-corrected chi connectivity index (χ4v) is 3.83. The first-order valence-corrected chi connectivity index (χ1v) is 9.19. The Morgan fingerprint density at radius 3 is 2.72 bits per heavy atom. The average Bonchev–Trinajstić information content (AvgIpc) is 2.93. The van der Waals surface area contributed by atoms with Crippen molar-refractivity contribution in [1.82, 2.24) is 9.47 Å². The Morgan fingerprint density at radius 2 is 2.00 bits per heavy atom. The summed E-state index contributed by atoms with van der Waals surface area (Å²) in [6.07, 6.45) is 5.50. The van der Waals surface area contributed by atoms with Gasteiger partial charge in [-0.15, -0.1) is 0 Å². The van der Waals surface area contributed by atoms with Crippen LogP contribution in [0.15, 0.2) is 42.6 Å². The minimum absolute atomic E-state index is 0.263. The quantitative estimate of drug-likeness (QED) is 0.811. The second-order valence-electron chi connectivity index (χ2n) is 6.81. The first kappa shape index (κ1) is 17.5. The van der Waals surface area contributed by atoms with Gasteiger partial charge >= 0.3 is 0 Å². The van der Waals surface area contributed by atoms with Gasteiger partial charge in [-0.3, -0.25) is 0 Å². The van der Waals surface area contributed by atoms with E-state index in [1.165, 1.54) is 12.1 Å². The van der Waals surface area contributed by atoms with E-state index in [1.54, 1.807) is 0 Å². The van der Waals surface area contributed by atoms with Crippen molar-refractivity contribution in [1.29, 1.82) is 5.26 Å². The summed E-state index contributed by atoms with van der Waals surface area (Å²) in [7, 11) is 2.09. The van der Waals surface area contributed by atoms with E-state index in [0.717, 1.165) is 25.1 Å². The maximum Gasteiger partial charge on any atom is 0.174 e. The molecule has 25 heavy (non-hydrogen) atoms. The van der Waals surface area contributed by atoms with Crippen LogP contribution in [0.25, 0.3) is 0 Å². The molecule has 1 fully saturated rings. The van der Waals surface area contributed by atoms with Crippen LogP contribution in [0.1, 0.15) is 43.5 Å². The van der Waals surface area contributed by atoms with Gasteiger partial charge in [0.1, 0.15) is 6.07 Å². The molecule has 2 heterocycles. The van der Waals surface area contributed by atoms with E-state index >= 15 is 0 Å². The molecule has 0 radical (unpaired) electrons. The van der Waals surface area contributed by atoms with Gasteiger partial charge in [-0.05, 0) is 61.7 Å². The summed E-state index contributed by atoms with van der Waals surface area (Å²) in [6, 6.07) is 14.3. The van der Waals surface area contributed by atoms with Crippen molar-refractivity contribution >= 4 is 23.0 Å². The standard InChI is InChI=1S/C20H24N4S/c1-15-9-10-19(18-8-5-12-23(18)2)24(13-11-15)20(25)22-17-7-4-3-6-16(17)14-21/h3-8,12,15,19H,9-11,13H2,1-2H3,(H,22,25). The molecule has 4 nitrogen and oxygen atoms in total. The number of likely N-dealkylation sites (tertiary alicyclic amines) is 1. The van der Waals surface area contributed by atoms with Crippen LogP contribution in [0, 0.1) is 17.2 Å². The van der Waals surface area contributed by atoms with Gasteiger partial charge in [0.15, 0.2) is 5.11 Å². The van der Waals surface area contributed by atoms with Crippen LogP contribution in [0.3, 0.4) is 0 Å². The van der Waals surface area contributed by atoms with E-state index in [9.17, 15) is 5.26 Å². The normalized spacial score (nSPS) is 20.6. The number of nitrogens with zero attached hydrogens (tertiary/aromatic N) is 3. The molecule has 2 unspecified atom stereocenters. The molecular weight excluding hydrogens is 328 g/mol. The summed E-state index contributed by atoms with van der Waals surface area (Å²) in [6.45, 7) is 3.24. The van der Waals surface area contributed by atoms with Crippen LogP contribution in [0.2, 0.25) is 0 Å². The van der Waals surface area contributed by atoms with Crippen molar-refractivity contribution < 1.29 is 0 Å². The van der Waals surface area contributed by atoms with E-state index in [1.807, 2.05) is 24.3 Å². The highest BCUT2D eigenvalue weighted by molar-refractivity contribution is 7.80. The highest BCUT2D eigenvalue weighted by atomic mass is 32.1. The molecule has 1 aromatic heterocycles. The Labute approximate surface area is 155 Å². The third kappa shape index (κ3) is 3.85. The Bertz CT molecular complexity index is 789. The van der Waals surface area contributed by atoms with Gasteiger partial charge in [0.25, 0.3) is 0 Å². The van der Waals surface area contributed by atoms with Gasteiger partial charge in [0.2, 0.25) is 0 Å². The largest absolute Gasteiger partial charge is 0.353 e. The summed E-state index contributed by atoms with van der Waals surface area (Å²) in [4.78, 5) is 2.29. The zero-order valence-corrected chi connectivity index (χ0v) is 15.6. The number of para-hydroxylation sites is 1. The maximum absolute atomic E-state index is 9.31. The predicted octanol–water partition coefficient (Wildman–Crippen LogP) is 4.46. The molecule has 1 N–H and O–H groups in total. The molecule has 0 aliphatic carbocycles.